The topological polar surface area (TPSA) is 45.6 Å². The van der Waals surface area contributed by atoms with Crippen LogP contribution in [0.1, 0.15) is 24.2 Å². The van der Waals surface area contributed by atoms with Gasteiger partial charge < -0.3 is 9.84 Å². The molecule has 0 aliphatic carbocycles. The predicted molar refractivity (Wildman–Crippen MR) is 90.3 cm³/mol. The van der Waals surface area contributed by atoms with E-state index in [4.69, 9.17) is 4.74 Å². The number of hydrogen-bond acceptors (Lipinski definition) is 4. The van der Waals surface area contributed by atoms with Gasteiger partial charge in [0.1, 0.15) is 6.10 Å². The van der Waals surface area contributed by atoms with Crippen molar-refractivity contribution in [3.05, 3.63) is 59.7 Å². The zero-order chi connectivity index (χ0) is 16.9. The molecule has 1 aromatic carbocycles. The maximum atomic E-state index is 13.7. The van der Waals surface area contributed by atoms with Crippen molar-refractivity contribution in [1.82, 2.24) is 9.88 Å². The Kier molecular flexibility index (Phi) is 5.43. The maximum Gasteiger partial charge on any atom is 0.165 e. The third-order valence-corrected chi connectivity index (χ3v) is 4.35. The van der Waals surface area contributed by atoms with Crippen molar-refractivity contribution < 1.29 is 14.2 Å². The molecule has 0 bridgehead atoms. The third kappa shape index (κ3) is 4.30. The van der Waals surface area contributed by atoms with E-state index in [9.17, 15) is 9.50 Å². The molecule has 2 aromatic rings. The normalized spacial score (nSPS) is 22.1. The number of aryl methyl sites for hydroxylation is 1. The van der Waals surface area contributed by atoms with Crippen LogP contribution in [-0.4, -0.2) is 40.3 Å². The molecule has 0 saturated carbocycles. The van der Waals surface area contributed by atoms with Crippen LogP contribution in [-0.2, 0) is 6.54 Å². The molecule has 2 atom stereocenters. The molecule has 128 valence electrons. The first kappa shape index (κ1) is 16.9. The summed E-state index contributed by atoms with van der Waals surface area (Å²) in [4.78, 5) is 6.79. The number of pyridine rings is 1. The number of rotatable bonds is 4. The third-order valence-electron chi connectivity index (χ3n) is 4.35. The largest absolute Gasteiger partial charge is 0.485 e. The fourth-order valence-corrected chi connectivity index (χ4v) is 3.03. The second-order valence-corrected chi connectivity index (χ2v) is 6.28. The fraction of sp³-hybridized carbons (Fsp3) is 0.421. The van der Waals surface area contributed by atoms with Crippen LogP contribution in [0, 0.1) is 12.7 Å². The molecule has 0 amide bonds. The highest BCUT2D eigenvalue weighted by Gasteiger charge is 2.27. The van der Waals surface area contributed by atoms with Gasteiger partial charge >= 0.3 is 0 Å². The number of halogens is 1. The first-order chi connectivity index (χ1) is 11.6. The van der Waals surface area contributed by atoms with E-state index in [1.54, 1.807) is 18.2 Å². The van der Waals surface area contributed by atoms with Crippen molar-refractivity contribution in [3.63, 3.8) is 0 Å². The number of ether oxygens (including phenoxy) is 1. The van der Waals surface area contributed by atoms with Crippen molar-refractivity contribution in [2.45, 2.75) is 38.5 Å². The number of nitrogens with zero attached hydrogens (tertiary/aromatic N) is 2. The molecule has 4 nitrogen and oxygen atoms in total. The summed E-state index contributed by atoms with van der Waals surface area (Å²) >= 11 is 0. The Morgan fingerprint density at radius 2 is 1.96 bits per heavy atom. The summed E-state index contributed by atoms with van der Waals surface area (Å²) in [5.41, 5.74) is 2.03. The fourth-order valence-electron chi connectivity index (χ4n) is 3.03. The van der Waals surface area contributed by atoms with E-state index in [0.29, 0.717) is 12.8 Å². The number of hydrogen-bond donors (Lipinski definition) is 1. The van der Waals surface area contributed by atoms with E-state index in [-0.39, 0.29) is 5.75 Å². The van der Waals surface area contributed by atoms with E-state index < -0.39 is 18.0 Å². The van der Waals surface area contributed by atoms with E-state index in [0.717, 1.165) is 31.0 Å². The van der Waals surface area contributed by atoms with Gasteiger partial charge in [0.2, 0.25) is 0 Å². The van der Waals surface area contributed by atoms with Crippen LogP contribution in [0.4, 0.5) is 4.39 Å². The summed E-state index contributed by atoms with van der Waals surface area (Å²) in [6.45, 7) is 4.29. The molecule has 0 radical (unpaired) electrons. The predicted octanol–water partition coefficient (Wildman–Crippen LogP) is 2.93. The van der Waals surface area contributed by atoms with Gasteiger partial charge in [-0.1, -0.05) is 18.2 Å². The molecule has 0 spiro atoms. The smallest absolute Gasteiger partial charge is 0.165 e. The van der Waals surface area contributed by atoms with Gasteiger partial charge in [0.15, 0.2) is 11.6 Å². The first-order valence-electron chi connectivity index (χ1n) is 8.36. The Hall–Kier alpha value is -1.98. The number of aromatic nitrogens is 1. The summed E-state index contributed by atoms with van der Waals surface area (Å²) in [6, 6.07) is 12.3. The van der Waals surface area contributed by atoms with Gasteiger partial charge in [-0.05, 0) is 44.0 Å². The quantitative estimate of drug-likeness (QED) is 0.936. The van der Waals surface area contributed by atoms with Gasteiger partial charge in [0.05, 0.1) is 11.8 Å². The minimum atomic E-state index is -0.597. The number of benzene rings is 1. The van der Waals surface area contributed by atoms with Crippen molar-refractivity contribution in [2.75, 3.05) is 13.1 Å². The Balaban J connectivity index is 1.62. The van der Waals surface area contributed by atoms with Gasteiger partial charge in [0.25, 0.3) is 0 Å². The van der Waals surface area contributed by atoms with E-state index >= 15 is 0 Å². The molecule has 1 aromatic heterocycles. The van der Waals surface area contributed by atoms with Gasteiger partial charge in [0, 0.05) is 25.3 Å². The number of likely N-dealkylation sites (tertiary alicyclic amines) is 1. The number of aliphatic hydroxyl groups excluding tert-OH is 1. The molecule has 1 N–H and O–H groups in total. The van der Waals surface area contributed by atoms with Crippen LogP contribution in [0.2, 0.25) is 0 Å². The highest BCUT2D eigenvalue weighted by molar-refractivity contribution is 5.24. The van der Waals surface area contributed by atoms with Crippen molar-refractivity contribution in [2.24, 2.45) is 0 Å². The average Bonchev–Trinajstić information content (AvgIpc) is 2.73. The molecule has 1 saturated heterocycles. The lowest BCUT2D eigenvalue weighted by Crippen LogP contribution is -2.31. The Morgan fingerprint density at radius 1 is 1.17 bits per heavy atom. The molecule has 5 heteroatoms. The van der Waals surface area contributed by atoms with Crippen LogP contribution in [0.25, 0.3) is 0 Å². The molecule has 1 aliphatic rings. The monoisotopic (exact) mass is 330 g/mol. The van der Waals surface area contributed by atoms with Crippen molar-refractivity contribution in [1.29, 1.82) is 0 Å². The Labute approximate surface area is 141 Å². The Morgan fingerprint density at radius 3 is 2.75 bits per heavy atom. The van der Waals surface area contributed by atoms with E-state index in [2.05, 4.69) is 9.88 Å². The van der Waals surface area contributed by atoms with Crippen LogP contribution in [0.3, 0.4) is 0 Å². The second-order valence-electron chi connectivity index (χ2n) is 6.28. The lowest BCUT2D eigenvalue weighted by molar-refractivity contribution is 0.0328. The summed E-state index contributed by atoms with van der Waals surface area (Å²) < 4.78 is 19.5. The number of aliphatic hydroxyl groups is 1. The standard InChI is InChI=1S/C19H23FN2O2/c1-14-5-4-6-15(21-14)13-22-11-9-17(23)19(10-12-22)24-18-8-3-2-7-16(18)20/h2-8,17,19,23H,9-13H2,1H3/t17-,19-/m0/s1. The summed E-state index contributed by atoms with van der Waals surface area (Å²) in [5, 5.41) is 10.3. The summed E-state index contributed by atoms with van der Waals surface area (Å²) in [5.74, 6) is -0.190. The zero-order valence-electron chi connectivity index (χ0n) is 13.9. The SMILES string of the molecule is Cc1cccc(CN2CC[C@H](Oc3ccccc3F)[C@@H](O)CC2)n1. The van der Waals surface area contributed by atoms with E-state index in [1.807, 2.05) is 25.1 Å². The minimum absolute atomic E-state index is 0.204. The molecule has 3 rings (SSSR count). The molecular formula is C19H23FN2O2. The van der Waals surface area contributed by atoms with Crippen LogP contribution in [0.5, 0.6) is 5.75 Å². The molecule has 24 heavy (non-hydrogen) atoms. The first-order valence-corrected chi connectivity index (χ1v) is 8.36. The second kappa shape index (κ2) is 7.73. The van der Waals surface area contributed by atoms with Gasteiger partial charge in [-0.3, -0.25) is 9.88 Å². The average molecular weight is 330 g/mol. The highest BCUT2D eigenvalue weighted by Crippen LogP contribution is 2.22. The minimum Gasteiger partial charge on any atom is -0.485 e. The Bertz CT molecular complexity index is 680. The van der Waals surface area contributed by atoms with Crippen molar-refractivity contribution in [3.8, 4) is 5.75 Å². The molecule has 0 unspecified atom stereocenters. The summed E-state index contributed by atoms with van der Waals surface area (Å²) in [6.07, 6.45) is 0.268. The summed E-state index contributed by atoms with van der Waals surface area (Å²) in [7, 11) is 0. The number of para-hydroxylation sites is 1. The van der Waals surface area contributed by atoms with Crippen molar-refractivity contribution >= 4 is 0 Å². The molecule has 2 heterocycles. The van der Waals surface area contributed by atoms with E-state index in [1.165, 1.54) is 6.07 Å². The zero-order valence-corrected chi connectivity index (χ0v) is 13.9. The maximum absolute atomic E-state index is 13.7. The van der Waals surface area contributed by atoms with Gasteiger partial charge in [-0.15, -0.1) is 0 Å². The molecular weight excluding hydrogens is 307 g/mol. The highest BCUT2D eigenvalue weighted by atomic mass is 19.1. The van der Waals surface area contributed by atoms with Crippen LogP contribution >= 0.6 is 0 Å². The van der Waals surface area contributed by atoms with Gasteiger partial charge in [-0.25, -0.2) is 4.39 Å². The van der Waals surface area contributed by atoms with Gasteiger partial charge in [-0.2, -0.15) is 0 Å². The lowest BCUT2D eigenvalue weighted by Gasteiger charge is -2.22. The van der Waals surface area contributed by atoms with Crippen LogP contribution in [0.15, 0.2) is 42.5 Å². The molecule has 1 aliphatic heterocycles. The molecule has 1 fully saturated rings. The lowest BCUT2D eigenvalue weighted by atomic mass is 10.1. The van der Waals surface area contributed by atoms with Crippen LogP contribution < -0.4 is 4.74 Å².